The van der Waals surface area contributed by atoms with Gasteiger partial charge in [0.2, 0.25) is 0 Å². The van der Waals surface area contributed by atoms with Gasteiger partial charge < -0.3 is 15.4 Å². The number of benzene rings is 1. The van der Waals surface area contributed by atoms with Crippen molar-refractivity contribution in [1.29, 1.82) is 0 Å². The molecule has 21 heavy (non-hydrogen) atoms. The van der Waals surface area contributed by atoms with Gasteiger partial charge in [-0.15, -0.1) is 0 Å². The van der Waals surface area contributed by atoms with E-state index in [0.29, 0.717) is 30.8 Å². The van der Waals surface area contributed by atoms with E-state index < -0.39 is 6.04 Å². The molecule has 1 aromatic rings. The number of esters is 1. The van der Waals surface area contributed by atoms with E-state index in [4.69, 9.17) is 10.5 Å². The molecule has 1 atom stereocenters. The van der Waals surface area contributed by atoms with E-state index >= 15 is 0 Å². The van der Waals surface area contributed by atoms with Gasteiger partial charge in [-0.1, -0.05) is 0 Å². The predicted molar refractivity (Wildman–Crippen MR) is 83.9 cm³/mol. The number of piperidine rings is 1. The van der Waals surface area contributed by atoms with Crippen LogP contribution in [0.1, 0.15) is 36.5 Å². The zero-order valence-electron chi connectivity index (χ0n) is 12.0. The molecule has 6 heteroatoms. The van der Waals surface area contributed by atoms with Crippen LogP contribution in [-0.4, -0.2) is 36.0 Å². The number of hydrogen-bond donors (Lipinski definition) is 1. The van der Waals surface area contributed by atoms with Crippen LogP contribution in [0.25, 0.3) is 0 Å². The number of rotatable bonds is 3. The molecule has 1 fully saturated rings. The van der Waals surface area contributed by atoms with Crippen molar-refractivity contribution in [3.05, 3.63) is 28.2 Å². The quantitative estimate of drug-likeness (QED) is 0.668. The van der Waals surface area contributed by atoms with Crippen LogP contribution in [0.15, 0.2) is 22.7 Å². The lowest BCUT2D eigenvalue weighted by Gasteiger charge is -2.34. The molecule has 5 nitrogen and oxygen atoms in total. The number of amides is 1. The molecule has 1 aliphatic rings. The van der Waals surface area contributed by atoms with Gasteiger partial charge in [-0.3, -0.25) is 4.79 Å². The second-order valence-corrected chi connectivity index (χ2v) is 5.85. The Morgan fingerprint density at radius 3 is 2.86 bits per heavy atom. The summed E-state index contributed by atoms with van der Waals surface area (Å²) in [4.78, 5) is 26.2. The minimum atomic E-state index is -0.490. The first-order valence-corrected chi connectivity index (χ1v) is 7.86. The minimum absolute atomic E-state index is 0.174. The lowest BCUT2D eigenvalue weighted by Crippen LogP contribution is -2.48. The number of nitrogens with two attached hydrogens (primary N) is 1. The first-order chi connectivity index (χ1) is 10.0. The van der Waals surface area contributed by atoms with Crippen molar-refractivity contribution in [2.75, 3.05) is 18.9 Å². The molecular weight excluding hydrogens is 336 g/mol. The zero-order chi connectivity index (χ0) is 15.4. The summed E-state index contributed by atoms with van der Waals surface area (Å²) in [5.41, 5.74) is 6.82. The Bertz CT molecular complexity index is 548. The van der Waals surface area contributed by atoms with Gasteiger partial charge in [-0.2, -0.15) is 0 Å². The highest BCUT2D eigenvalue weighted by Gasteiger charge is 2.33. The van der Waals surface area contributed by atoms with Crippen molar-refractivity contribution >= 4 is 33.5 Å². The van der Waals surface area contributed by atoms with E-state index in [2.05, 4.69) is 15.9 Å². The molecule has 1 aromatic carbocycles. The summed E-state index contributed by atoms with van der Waals surface area (Å²) < 4.78 is 5.83. The second-order valence-electron chi connectivity index (χ2n) is 5.00. The topological polar surface area (TPSA) is 72.6 Å². The van der Waals surface area contributed by atoms with Crippen LogP contribution in [0.2, 0.25) is 0 Å². The van der Waals surface area contributed by atoms with Gasteiger partial charge in [0, 0.05) is 22.3 Å². The van der Waals surface area contributed by atoms with E-state index in [0.717, 1.165) is 17.3 Å². The SMILES string of the molecule is CCOC(=O)C1CCCCN1C(=O)c1ccc(Br)c(N)c1. The van der Waals surface area contributed by atoms with Gasteiger partial charge in [-0.05, 0) is 60.3 Å². The Kier molecular flexibility index (Phi) is 5.22. The highest BCUT2D eigenvalue weighted by atomic mass is 79.9. The van der Waals surface area contributed by atoms with E-state index in [1.54, 1.807) is 30.0 Å². The standard InChI is InChI=1S/C15H19BrN2O3/c1-2-21-15(20)13-5-3-4-8-18(13)14(19)10-6-7-11(16)12(17)9-10/h6-7,9,13H,2-5,8,17H2,1H3. The van der Waals surface area contributed by atoms with Gasteiger partial charge in [0.25, 0.3) is 5.91 Å². The van der Waals surface area contributed by atoms with E-state index in [1.807, 2.05) is 0 Å². The van der Waals surface area contributed by atoms with Crippen LogP contribution in [0.4, 0.5) is 5.69 Å². The Balaban J connectivity index is 2.21. The fourth-order valence-electron chi connectivity index (χ4n) is 2.50. The summed E-state index contributed by atoms with van der Waals surface area (Å²) in [6.45, 7) is 2.66. The first kappa shape index (κ1) is 15.8. The molecule has 1 amide bonds. The number of ether oxygens (including phenoxy) is 1. The summed E-state index contributed by atoms with van der Waals surface area (Å²) in [7, 11) is 0. The van der Waals surface area contributed by atoms with Crippen molar-refractivity contribution in [2.24, 2.45) is 0 Å². The largest absolute Gasteiger partial charge is 0.464 e. The van der Waals surface area contributed by atoms with Gasteiger partial charge in [-0.25, -0.2) is 4.79 Å². The highest BCUT2D eigenvalue weighted by molar-refractivity contribution is 9.10. The predicted octanol–water partition coefficient (Wildman–Crippen LogP) is 2.59. The summed E-state index contributed by atoms with van der Waals surface area (Å²) in [5, 5.41) is 0. The molecule has 0 radical (unpaired) electrons. The summed E-state index contributed by atoms with van der Waals surface area (Å²) in [6.07, 6.45) is 2.47. The molecule has 0 saturated carbocycles. The van der Waals surface area contributed by atoms with Crippen LogP contribution in [-0.2, 0) is 9.53 Å². The van der Waals surface area contributed by atoms with E-state index in [9.17, 15) is 9.59 Å². The fourth-order valence-corrected chi connectivity index (χ4v) is 2.75. The fraction of sp³-hybridized carbons (Fsp3) is 0.467. The maximum Gasteiger partial charge on any atom is 0.328 e. The lowest BCUT2D eigenvalue weighted by atomic mass is 10.0. The van der Waals surface area contributed by atoms with Crippen LogP contribution in [0.3, 0.4) is 0 Å². The Labute approximate surface area is 132 Å². The number of anilines is 1. The lowest BCUT2D eigenvalue weighted by molar-refractivity contribution is -0.149. The molecule has 1 aliphatic heterocycles. The Morgan fingerprint density at radius 1 is 1.43 bits per heavy atom. The maximum absolute atomic E-state index is 12.6. The number of carbonyl (C=O) groups is 2. The average Bonchev–Trinajstić information content (AvgIpc) is 2.49. The molecule has 1 saturated heterocycles. The molecule has 0 aliphatic carbocycles. The van der Waals surface area contributed by atoms with Gasteiger partial charge >= 0.3 is 5.97 Å². The molecule has 1 heterocycles. The molecule has 2 N–H and O–H groups in total. The number of halogens is 1. The third-order valence-corrected chi connectivity index (χ3v) is 4.29. The first-order valence-electron chi connectivity index (χ1n) is 7.07. The minimum Gasteiger partial charge on any atom is -0.464 e. The molecular formula is C15H19BrN2O3. The summed E-state index contributed by atoms with van der Waals surface area (Å²) >= 11 is 3.31. The van der Waals surface area contributed by atoms with Gasteiger partial charge in [0.1, 0.15) is 6.04 Å². The second kappa shape index (κ2) is 6.93. The summed E-state index contributed by atoms with van der Waals surface area (Å²) in [6, 6.07) is 4.59. The number of hydrogen-bond acceptors (Lipinski definition) is 4. The average molecular weight is 355 g/mol. The number of nitrogens with zero attached hydrogens (tertiary/aromatic N) is 1. The maximum atomic E-state index is 12.6. The van der Waals surface area contributed by atoms with Crippen molar-refractivity contribution in [1.82, 2.24) is 4.90 Å². The van der Waals surface area contributed by atoms with Crippen molar-refractivity contribution in [3.8, 4) is 0 Å². The summed E-state index contributed by atoms with van der Waals surface area (Å²) in [5.74, 6) is -0.498. The van der Waals surface area contributed by atoms with Crippen LogP contribution >= 0.6 is 15.9 Å². The number of likely N-dealkylation sites (tertiary alicyclic amines) is 1. The van der Waals surface area contributed by atoms with Crippen LogP contribution in [0, 0.1) is 0 Å². The zero-order valence-corrected chi connectivity index (χ0v) is 13.6. The van der Waals surface area contributed by atoms with Gasteiger partial charge in [0.05, 0.1) is 6.61 Å². The molecule has 2 rings (SSSR count). The van der Waals surface area contributed by atoms with Crippen molar-refractivity contribution < 1.29 is 14.3 Å². The Morgan fingerprint density at radius 2 is 2.19 bits per heavy atom. The van der Waals surface area contributed by atoms with Gasteiger partial charge in [0.15, 0.2) is 0 Å². The molecule has 114 valence electrons. The molecule has 0 spiro atoms. The molecule has 1 unspecified atom stereocenters. The van der Waals surface area contributed by atoms with E-state index in [1.165, 1.54) is 0 Å². The van der Waals surface area contributed by atoms with E-state index in [-0.39, 0.29) is 11.9 Å². The normalized spacial score (nSPS) is 18.4. The third kappa shape index (κ3) is 3.56. The van der Waals surface area contributed by atoms with Crippen LogP contribution < -0.4 is 5.73 Å². The monoisotopic (exact) mass is 354 g/mol. The number of nitrogen functional groups attached to an aromatic ring is 1. The number of carbonyl (C=O) groups excluding carboxylic acids is 2. The smallest absolute Gasteiger partial charge is 0.328 e. The van der Waals surface area contributed by atoms with Crippen molar-refractivity contribution in [2.45, 2.75) is 32.2 Å². The molecule has 0 bridgehead atoms. The highest BCUT2D eigenvalue weighted by Crippen LogP contribution is 2.24. The molecule has 0 aromatic heterocycles. The van der Waals surface area contributed by atoms with Crippen LogP contribution in [0.5, 0.6) is 0 Å². The third-order valence-electron chi connectivity index (χ3n) is 3.57. The van der Waals surface area contributed by atoms with Crippen molar-refractivity contribution in [3.63, 3.8) is 0 Å². The Hall–Kier alpha value is -1.56.